The van der Waals surface area contributed by atoms with Crippen LogP contribution in [0, 0.1) is 6.92 Å². The molecule has 10 nitrogen and oxygen atoms in total. The van der Waals surface area contributed by atoms with Crippen LogP contribution in [-0.2, 0) is 23.9 Å². The van der Waals surface area contributed by atoms with Crippen molar-refractivity contribution >= 4 is 28.8 Å². The molecule has 0 unspecified atom stereocenters. The number of nitrogens with zero attached hydrogens (tertiary/aromatic N) is 2. The van der Waals surface area contributed by atoms with E-state index in [2.05, 4.69) is 4.98 Å². The topological polar surface area (TPSA) is 148 Å². The van der Waals surface area contributed by atoms with Crippen LogP contribution in [0.15, 0.2) is 24.5 Å². The van der Waals surface area contributed by atoms with Crippen LogP contribution in [0.4, 0.5) is 0 Å². The minimum atomic E-state index is -1.35. The summed E-state index contributed by atoms with van der Waals surface area (Å²) in [5, 5.41) is 28.4. The zero-order valence-electron chi connectivity index (χ0n) is 15.0. The molecule has 3 N–H and O–H groups in total. The van der Waals surface area contributed by atoms with Gasteiger partial charge >= 0.3 is 11.9 Å². The van der Waals surface area contributed by atoms with E-state index in [1.54, 1.807) is 10.6 Å². The highest BCUT2D eigenvalue weighted by Gasteiger charge is 2.47. The lowest BCUT2D eigenvalue weighted by atomic mass is 10.1. The maximum atomic E-state index is 12.1. The van der Waals surface area contributed by atoms with Crippen LogP contribution in [0.25, 0.3) is 11.0 Å². The van der Waals surface area contributed by atoms with Crippen molar-refractivity contribution in [3.05, 3.63) is 30.1 Å². The molecule has 0 radical (unpaired) electrons. The molecule has 0 aliphatic carbocycles. The Hall–Kier alpha value is -2.82. The highest BCUT2D eigenvalue weighted by molar-refractivity contribution is 6.03. The van der Waals surface area contributed by atoms with Gasteiger partial charge in [0.05, 0.1) is 24.0 Å². The summed E-state index contributed by atoms with van der Waals surface area (Å²) in [6, 6.07) is 5.48. The quantitative estimate of drug-likeness (QED) is 0.435. The SMILES string of the molecule is Cc1cccc2c1ncn2[C@@H]1O[C@H](CO)[C@@H](O)[C@H]1OC(=O)CC(=O)CC(=O)O. The van der Waals surface area contributed by atoms with Gasteiger partial charge in [0.1, 0.15) is 25.0 Å². The Morgan fingerprint density at radius 1 is 1.29 bits per heavy atom. The second-order valence-electron chi connectivity index (χ2n) is 6.57. The minimum Gasteiger partial charge on any atom is -0.481 e. The average Bonchev–Trinajstić information content (AvgIpc) is 3.17. The number of imidazole rings is 1. The third-order valence-corrected chi connectivity index (χ3v) is 4.53. The fourth-order valence-electron chi connectivity index (χ4n) is 3.21. The van der Waals surface area contributed by atoms with E-state index in [1.807, 2.05) is 19.1 Å². The summed E-state index contributed by atoms with van der Waals surface area (Å²) < 4.78 is 12.5. The Morgan fingerprint density at radius 2 is 2.04 bits per heavy atom. The van der Waals surface area contributed by atoms with Crippen LogP contribution in [0.3, 0.4) is 0 Å². The standard InChI is InChI=1S/C18H20N2O8/c1-9-3-2-4-11-15(9)19-8-20(11)18-17(16(26)12(7-21)27-18)28-14(25)6-10(22)5-13(23)24/h2-4,8,12,16-18,21,26H,5-7H2,1H3,(H,23,24)/t12-,16-,17-,18-/m1/s1. The smallest absolute Gasteiger partial charge is 0.313 e. The van der Waals surface area contributed by atoms with Gasteiger partial charge in [0.25, 0.3) is 0 Å². The maximum Gasteiger partial charge on any atom is 0.313 e. The van der Waals surface area contributed by atoms with Gasteiger partial charge in [0.2, 0.25) is 0 Å². The second-order valence-corrected chi connectivity index (χ2v) is 6.57. The molecule has 2 heterocycles. The summed E-state index contributed by atoms with van der Waals surface area (Å²) in [7, 11) is 0. The molecule has 150 valence electrons. The number of para-hydroxylation sites is 1. The number of carbonyl (C=O) groups is 3. The maximum absolute atomic E-state index is 12.1. The molecule has 2 aromatic rings. The number of hydrogen-bond acceptors (Lipinski definition) is 8. The lowest BCUT2D eigenvalue weighted by Crippen LogP contribution is -2.37. The number of aliphatic carboxylic acids is 1. The minimum absolute atomic E-state index is 0.505. The molecule has 0 amide bonds. The third kappa shape index (κ3) is 3.88. The molecule has 10 heteroatoms. The number of carboxylic acids is 1. The van der Waals surface area contributed by atoms with Gasteiger partial charge < -0.3 is 29.4 Å². The molecule has 1 fully saturated rings. The number of aromatic nitrogens is 2. The van der Waals surface area contributed by atoms with Gasteiger partial charge in [-0.3, -0.25) is 14.4 Å². The molecule has 0 saturated carbocycles. The summed E-state index contributed by atoms with van der Waals surface area (Å²) in [5.74, 6) is -3.14. The lowest BCUT2D eigenvalue weighted by molar-refractivity contribution is -0.159. The molecule has 1 aromatic heterocycles. The molecule has 0 bridgehead atoms. The van der Waals surface area contributed by atoms with Crippen molar-refractivity contribution in [3.8, 4) is 0 Å². The Labute approximate surface area is 159 Å². The molecule has 4 atom stereocenters. The summed E-state index contributed by atoms with van der Waals surface area (Å²) in [6.07, 6.45) is -4.58. The van der Waals surface area contributed by atoms with Crippen LogP contribution < -0.4 is 0 Å². The monoisotopic (exact) mass is 392 g/mol. The number of ketones is 1. The Kier molecular flexibility index (Phi) is 5.73. The number of fused-ring (bicyclic) bond motifs is 1. The molecule has 0 spiro atoms. The number of aliphatic hydroxyl groups is 2. The summed E-state index contributed by atoms with van der Waals surface area (Å²) >= 11 is 0. The Bertz CT molecular complexity index is 908. The van der Waals surface area contributed by atoms with Crippen LogP contribution >= 0.6 is 0 Å². The van der Waals surface area contributed by atoms with Gasteiger partial charge in [-0.25, -0.2) is 4.98 Å². The molecule has 3 rings (SSSR count). The van der Waals surface area contributed by atoms with E-state index in [9.17, 15) is 24.6 Å². The summed E-state index contributed by atoms with van der Waals surface area (Å²) in [5.41, 5.74) is 2.30. The zero-order chi connectivity index (χ0) is 20.4. The molecule has 1 aliphatic heterocycles. The highest BCUT2D eigenvalue weighted by Crippen LogP contribution is 2.34. The molecular weight excluding hydrogens is 372 g/mol. The van der Waals surface area contributed by atoms with E-state index in [4.69, 9.17) is 14.6 Å². The molecule has 1 saturated heterocycles. The number of hydrogen-bond donors (Lipinski definition) is 3. The first-order valence-corrected chi connectivity index (χ1v) is 8.61. The predicted octanol–water partition coefficient (Wildman–Crippen LogP) is -0.0590. The van der Waals surface area contributed by atoms with Gasteiger partial charge in [0, 0.05) is 0 Å². The molecule has 1 aliphatic rings. The molecular formula is C18H20N2O8. The number of ether oxygens (including phenoxy) is 2. The van der Waals surface area contributed by atoms with Crippen molar-refractivity contribution in [2.45, 2.75) is 44.3 Å². The van der Waals surface area contributed by atoms with Gasteiger partial charge in [0.15, 0.2) is 18.1 Å². The van der Waals surface area contributed by atoms with Gasteiger partial charge in [-0.2, -0.15) is 0 Å². The normalized spacial score (nSPS) is 24.4. The second kappa shape index (κ2) is 8.05. The summed E-state index contributed by atoms with van der Waals surface area (Å²) in [4.78, 5) is 38.5. The third-order valence-electron chi connectivity index (χ3n) is 4.53. The number of rotatable bonds is 7. The van der Waals surface area contributed by atoms with E-state index in [0.717, 1.165) is 5.56 Å². The van der Waals surface area contributed by atoms with Gasteiger partial charge in [-0.15, -0.1) is 0 Å². The first kappa shape index (κ1) is 19.9. The largest absolute Gasteiger partial charge is 0.481 e. The lowest BCUT2D eigenvalue weighted by Gasteiger charge is -2.22. The number of aryl methyl sites for hydroxylation is 1. The Morgan fingerprint density at radius 3 is 2.71 bits per heavy atom. The van der Waals surface area contributed by atoms with Crippen LogP contribution in [0.2, 0.25) is 0 Å². The number of esters is 1. The highest BCUT2D eigenvalue weighted by atomic mass is 16.6. The van der Waals surface area contributed by atoms with Gasteiger partial charge in [-0.1, -0.05) is 12.1 Å². The fourth-order valence-corrected chi connectivity index (χ4v) is 3.21. The molecule has 1 aromatic carbocycles. The van der Waals surface area contributed by atoms with E-state index < -0.39 is 61.7 Å². The number of carbonyl (C=O) groups excluding carboxylic acids is 2. The van der Waals surface area contributed by atoms with Crippen molar-refractivity contribution in [1.82, 2.24) is 9.55 Å². The van der Waals surface area contributed by atoms with Crippen molar-refractivity contribution in [3.63, 3.8) is 0 Å². The number of Topliss-reactive ketones (excluding diaryl/α,β-unsaturated/α-hetero) is 1. The molecule has 28 heavy (non-hydrogen) atoms. The van der Waals surface area contributed by atoms with Crippen molar-refractivity contribution in [2.24, 2.45) is 0 Å². The Balaban J connectivity index is 1.84. The first-order chi connectivity index (χ1) is 13.3. The zero-order valence-corrected chi connectivity index (χ0v) is 15.0. The summed E-state index contributed by atoms with van der Waals surface area (Å²) in [6.45, 7) is 1.38. The number of aliphatic hydroxyl groups excluding tert-OH is 2. The van der Waals surface area contributed by atoms with Gasteiger partial charge in [-0.05, 0) is 18.6 Å². The van der Waals surface area contributed by atoms with E-state index >= 15 is 0 Å². The van der Waals surface area contributed by atoms with E-state index in [1.165, 1.54) is 6.33 Å². The van der Waals surface area contributed by atoms with Crippen molar-refractivity contribution < 1.29 is 39.2 Å². The average molecular weight is 392 g/mol. The van der Waals surface area contributed by atoms with E-state index in [0.29, 0.717) is 11.0 Å². The number of benzene rings is 1. The fraction of sp³-hybridized carbons (Fsp3) is 0.444. The van der Waals surface area contributed by atoms with E-state index in [-0.39, 0.29) is 0 Å². The number of carboxylic acid groups (broad SMARTS) is 1. The predicted molar refractivity (Wildman–Crippen MR) is 93.2 cm³/mol. The van der Waals surface area contributed by atoms with Crippen LogP contribution in [0.1, 0.15) is 24.6 Å². The van der Waals surface area contributed by atoms with Crippen molar-refractivity contribution in [1.29, 1.82) is 0 Å². The van der Waals surface area contributed by atoms with Crippen molar-refractivity contribution in [2.75, 3.05) is 6.61 Å². The van der Waals surface area contributed by atoms with Crippen LogP contribution in [-0.4, -0.2) is 67.5 Å². The first-order valence-electron chi connectivity index (χ1n) is 8.61. The van der Waals surface area contributed by atoms with Crippen LogP contribution in [0.5, 0.6) is 0 Å².